The Kier molecular flexibility index (Phi) is 2.83. The van der Waals surface area contributed by atoms with Crippen LogP contribution in [-0.2, 0) is 0 Å². The zero-order valence-electron chi connectivity index (χ0n) is 5.97. The van der Waals surface area contributed by atoms with Crippen LogP contribution in [0.1, 0.15) is 5.56 Å². The quantitative estimate of drug-likeness (QED) is 0.573. The summed E-state index contributed by atoms with van der Waals surface area (Å²) in [6, 6.07) is 7.29. The summed E-state index contributed by atoms with van der Waals surface area (Å²) in [7, 11) is 0. The molecule has 1 aromatic carbocycles. The first-order valence-corrected chi connectivity index (χ1v) is 2.93. The topological polar surface area (TPSA) is 43.5 Å². The third-order valence-corrected chi connectivity index (χ3v) is 1.16. The maximum absolute atomic E-state index is 9.67. The number of nitroso groups, excluding NO2 is 1. The predicted molar refractivity (Wildman–Crippen MR) is 40.0 cm³/mol. The molecular formula is C7H7CmN2O-. The molecule has 0 aliphatic heterocycles. The Bertz CT molecular complexity index is 240. The largest absolute Gasteiger partial charge is 0.537 e. The maximum Gasteiger partial charge on any atom is 0 e. The van der Waals surface area contributed by atoms with Gasteiger partial charge in [0.1, 0.15) is 0 Å². The molecule has 0 spiro atoms. The molecule has 0 saturated heterocycles. The van der Waals surface area contributed by atoms with E-state index >= 15 is 0 Å². The van der Waals surface area contributed by atoms with E-state index in [1.54, 1.807) is 12.1 Å². The molecule has 1 rings (SSSR count). The van der Waals surface area contributed by atoms with Crippen LogP contribution in [0.4, 0.5) is 5.69 Å². The van der Waals surface area contributed by atoms with E-state index in [1.165, 1.54) is 0 Å². The van der Waals surface area contributed by atoms with Gasteiger partial charge in [-0.15, -0.1) is 11.0 Å². The van der Waals surface area contributed by atoms with E-state index in [-0.39, 0.29) is 0 Å². The van der Waals surface area contributed by atoms with Crippen molar-refractivity contribution in [2.24, 2.45) is 5.29 Å². The minimum atomic E-state index is 0. The Hall–Kier alpha value is -2.38. The van der Waals surface area contributed by atoms with Gasteiger partial charge in [-0.1, -0.05) is 29.8 Å². The minimum Gasteiger partial charge on any atom is -0.537 e. The first kappa shape index (κ1) is 8.62. The number of benzene rings is 1. The van der Waals surface area contributed by atoms with Gasteiger partial charge in [-0.05, 0) is 6.92 Å². The summed E-state index contributed by atoms with van der Waals surface area (Å²) in [6.45, 7) is 1.93. The average Bonchev–Trinajstić information content (AvgIpc) is 1.88. The van der Waals surface area contributed by atoms with Crippen molar-refractivity contribution >= 4 is 5.69 Å². The zero-order chi connectivity index (χ0) is 7.40. The number of rotatable bonds is 2. The van der Waals surface area contributed by atoms with E-state index in [0.29, 0.717) is 5.69 Å². The molecule has 11 heavy (non-hydrogen) atoms. The third kappa shape index (κ3) is 2.13. The molecule has 0 aromatic heterocycles. The van der Waals surface area contributed by atoms with E-state index in [4.69, 9.17) is 0 Å². The third-order valence-electron chi connectivity index (χ3n) is 1.16. The van der Waals surface area contributed by atoms with E-state index in [9.17, 15) is 4.91 Å². The number of hydrogen-bond acceptors (Lipinski definition) is 2. The van der Waals surface area contributed by atoms with Crippen LogP contribution in [0.2, 0.25) is 0 Å². The zero-order valence-corrected chi connectivity index (χ0v) is 8.91. The van der Waals surface area contributed by atoms with Crippen LogP contribution in [0.3, 0.4) is 0 Å². The molecule has 0 fully saturated rings. The summed E-state index contributed by atoms with van der Waals surface area (Å²) < 4.78 is 0. The van der Waals surface area contributed by atoms with Crippen LogP contribution in [0.5, 0.6) is 0 Å². The number of nitrogens with zero attached hydrogens (tertiary/aromatic N) is 2. The molecule has 0 radical (unpaired) electrons. The Morgan fingerprint density at radius 1 is 1.45 bits per heavy atom. The standard InChI is InChI=1S/C7H8N2O.Cm/c1-6-3-2-4-7(5-6)8-9-10;/h2-5H,1H3,(H,8,10);/p-1. The van der Waals surface area contributed by atoms with E-state index in [1.807, 2.05) is 19.1 Å². The van der Waals surface area contributed by atoms with Gasteiger partial charge >= 0.3 is 0 Å². The fourth-order valence-electron chi connectivity index (χ4n) is 0.737. The van der Waals surface area contributed by atoms with Crippen LogP contribution >= 0.6 is 0 Å². The molecule has 3 nitrogen and oxygen atoms in total. The molecule has 0 saturated carbocycles. The predicted octanol–water partition coefficient (Wildman–Crippen LogP) is 2.68. The monoisotopic (exact) mass is 378 g/mol. The number of aryl methyl sites for hydroxylation is 1. The second-order valence-electron chi connectivity index (χ2n) is 2.02. The molecule has 0 amide bonds. The first-order valence-electron chi connectivity index (χ1n) is 2.93. The Labute approximate surface area is 59.0 Å². The van der Waals surface area contributed by atoms with E-state index in [0.717, 1.165) is 5.56 Å². The minimum absolute atomic E-state index is 0. The summed E-state index contributed by atoms with van der Waals surface area (Å²) >= 11 is 0. The van der Waals surface area contributed by atoms with Crippen LogP contribution in [0, 0.1) is 11.8 Å². The summed E-state index contributed by atoms with van der Waals surface area (Å²) in [6.07, 6.45) is 0. The molecule has 0 bridgehead atoms. The molecular weight excluding hydrogens is 375 g/mol. The van der Waals surface area contributed by atoms with Crippen molar-refractivity contribution in [1.29, 1.82) is 0 Å². The summed E-state index contributed by atoms with van der Waals surface area (Å²) in [5, 5.41) is 2.42. The van der Waals surface area contributed by atoms with Crippen molar-refractivity contribution in [2.45, 2.75) is 6.92 Å². The molecule has 0 aliphatic carbocycles. The van der Waals surface area contributed by atoms with Crippen molar-refractivity contribution in [2.75, 3.05) is 0 Å². The van der Waals surface area contributed by atoms with Crippen molar-refractivity contribution < 1.29 is 0 Å². The second-order valence-corrected chi connectivity index (χ2v) is 2.02. The molecule has 0 aliphatic rings. The van der Waals surface area contributed by atoms with Gasteiger partial charge in [0, 0.05) is 0 Å². The first-order chi connectivity index (χ1) is 4.83. The van der Waals surface area contributed by atoms with Crippen LogP contribution < -0.4 is 0 Å². The molecule has 0 heterocycles. The maximum atomic E-state index is 9.67. The Morgan fingerprint density at radius 2 is 2.18 bits per heavy atom. The van der Waals surface area contributed by atoms with Gasteiger partial charge in [0.25, 0.3) is 0 Å². The smallest absolute Gasteiger partial charge is 0 e. The number of hydrogen-bond donors (Lipinski definition) is 0. The molecule has 0 unspecified atom stereocenters. The summed E-state index contributed by atoms with van der Waals surface area (Å²) in [5.74, 6) is 0. The van der Waals surface area contributed by atoms with Crippen molar-refractivity contribution in [3.63, 3.8) is 0 Å². The Balaban J connectivity index is 0.000001000. The molecule has 0 atom stereocenters. The van der Waals surface area contributed by atoms with Gasteiger partial charge in [-0.2, -0.15) is 4.91 Å². The van der Waals surface area contributed by atoms with Gasteiger partial charge in [0.15, 0.2) is 0 Å². The van der Waals surface area contributed by atoms with Crippen molar-refractivity contribution in [1.82, 2.24) is 0 Å². The second kappa shape index (κ2) is 3.61. The van der Waals surface area contributed by atoms with Gasteiger partial charge in [0.05, 0.1) is 0 Å². The van der Waals surface area contributed by atoms with Crippen LogP contribution in [0.15, 0.2) is 29.6 Å². The Morgan fingerprint density at radius 3 is 2.73 bits per heavy atom. The average molecular weight is 382 g/mol. The van der Waals surface area contributed by atoms with Crippen LogP contribution in [0.25, 0.3) is 5.43 Å². The fraction of sp³-hybridized carbons (Fsp3) is 0.143. The summed E-state index contributed by atoms with van der Waals surface area (Å²) in [4.78, 5) is 9.67. The normalized spacial score (nSPS) is 8.09. The van der Waals surface area contributed by atoms with E-state index in [2.05, 4.69) is 10.7 Å². The van der Waals surface area contributed by atoms with Crippen LogP contribution in [-0.4, -0.2) is 0 Å². The van der Waals surface area contributed by atoms with Gasteiger partial charge in [-0.25, -0.2) is 0 Å². The van der Waals surface area contributed by atoms with Gasteiger partial charge in [0.2, 0.25) is 0 Å². The SMILES string of the molecule is Cc1cccc([N-]N=O)c1.[Cm]. The fourth-order valence-corrected chi connectivity index (χ4v) is 0.737. The summed E-state index contributed by atoms with van der Waals surface area (Å²) in [5.41, 5.74) is 5.02. The molecule has 4 heteroatoms. The molecule has 60 valence electrons. The molecule has 0 N–H and O–H groups in total. The van der Waals surface area contributed by atoms with Crippen molar-refractivity contribution in [3.05, 3.63) is 40.2 Å². The van der Waals surface area contributed by atoms with E-state index < -0.39 is 0 Å². The van der Waals surface area contributed by atoms with Crippen molar-refractivity contribution in [3.8, 4) is 0 Å². The molecule has 1 aromatic rings. The van der Waals surface area contributed by atoms with Gasteiger partial charge < -0.3 is 5.43 Å². The van der Waals surface area contributed by atoms with Gasteiger partial charge in [-0.3, -0.25) is 0 Å².